The molecule has 0 heterocycles. The molecule has 25 heavy (non-hydrogen) atoms. The van der Waals surface area contributed by atoms with Gasteiger partial charge in [-0.1, -0.05) is 29.8 Å². The first-order valence-corrected chi connectivity index (χ1v) is 7.82. The van der Waals surface area contributed by atoms with E-state index in [2.05, 4.69) is 10.6 Å². The molecule has 0 aromatic heterocycles. The number of nitrogens with zero attached hydrogens (tertiary/aromatic N) is 1. The van der Waals surface area contributed by atoms with Gasteiger partial charge in [0, 0.05) is 18.4 Å². The van der Waals surface area contributed by atoms with E-state index in [-0.39, 0.29) is 11.4 Å². The van der Waals surface area contributed by atoms with Crippen LogP contribution in [0.1, 0.15) is 5.56 Å². The number of nitrogens with one attached hydrogen (secondary N) is 2. The van der Waals surface area contributed by atoms with Crippen LogP contribution in [0.2, 0.25) is 5.02 Å². The molecule has 0 spiro atoms. The predicted octanol–water partition coefficient (Wildman–Crippen LogP) is 3.24. The van der Waals surface area contributed by atoms with E-state index in [1.54, 1.807) is 30.3 Å². The number of amides is 1. The monoisotopic (exact) mass is 358 g/mol. The molecule has 5 nitrogen and oxygen atoms in total. The fraction of sp³-hybridized carbons (Fsp3) is 0.111. The number of hydrogen-bond acceptors (Lipinski definition) is 4. The Morgan fingerprint density at radius 2 is 2.08 bits per heavy atom. The van der Waals surface area contributed by atoms with Crippen molar-refractivity contribution in [3.05, 3.63) is 70.6 Å². The van der Waals surface area contributed by atoms with Gasteiger partial charge in [0.25, 0.3) is 5.91 Å². The van der Waals surface area contributed by atoms with Gasteiger partial charge in [0.15, 0.2) is 0 Å². The topological polar surface area (TPSA) is 90.9 Å². The van der Waals surface area contributed by atoms with Crippen molar-refractivity contribution in [1.29, 1.82) is 5.26 Å². The first-order valence-electron chi connectivity index (χ1n) is 7.44. The second-order valence-electron chi connectivity index (χ2n) is 5.16. The summed E-state index contributed by atoms with van der Waals surface area (Å²) < 4.78 is 13.5. The maximum absolute atomic E-state index is 13.5. The van der Waals surface area contributed by atoms with Crippen molar-refractivity contribution in [2.75, 3.05) is 17.6 Å². The Bertz CT molecular complexity index is 845. The molecule has 0 bridgehead atoms. The number of anilines is 2. The summed E-state index contributed by atoms with van der Waals surface area (Å²) in [7, 11) is 0. The van der Waals surface area contributed by atoms with Gasteiger partial charge in [0.05, 0.1) is 10.7 Å². The van der Waals surface area contributed by atoms with Crippen molar-refractivity contribution < 1.29 is 9.18 Å². The van der Waals surface area contributed by atoms with Crippen LogP contribution in [0.3, 0.4) is 0 Å². The molecule has 0 fully saturated rings. The largest absolute Gasteiger partial charge is 0.398 e. The third-order valence-corrected chi connectivity index (χ3v) is 3.69. The molecule has 0 saturated carbocycles. The molecule has 2 aromatic carbocycles. The lowest BCUT2D eigenvalue weighted by Crippen LogP contribution is -2.18. The van der Waals surface area contributed by atoms with Gasteiger partial charge in [-0.25, -0.2) is 4.39 Å². The van der Waals surface area contributed by atoms with Crippen LogP contribution in [0.15, 0.2) is 54.2 Å². The van der Waals surface area contributed by atoms with Crippen LogP contribution < -0.4 is 16.4 Å². The molecule has 0 unspecified atom stereocenters. The summed E-state index contributed by atoms with van der Waals surface area (Å²) in [4.78, 5) is 12.1. The molecule has 0 radical (unpaired) electrons. The Morgan fingerprint density at radius 3 is 2.76 bits per heavy atom. The Labute approximate surface area is 149 Å². The molecule has 4 N–H and O–H groups in total. The van der Waals surface area contributed by atoms with Gasteiger partial charge < -0.3 is 16.4 Å². The predicted molar refractivity (Wildman–Crippen MR) is 96.3 cm³/mol. The van der Waals surface area contributed by atoms with Crippen LogP contribution >= 0.6 is 11.6 Å². The van der Waals surface area contributed by atoms with Gasteiger partial charge >= 0.3 is 0 Å². The SMILES string of the molecule is N#C/C(=C/NCCc1ccccc1F)C(=O)Nc1ccc(N)c(Cl)c1. The zero-order chi connectivity index (χ0) is 18.2. The number of nitrogens with two attached hydrogens (primary N) is 1. The minimum absolute atomic E-state index is 0.110. The zero-order valence-electron chi connectivity index (χ0n) is 13.2. The smallest absolute Gasteiger partial charge is 0.267 e. The van der Waals surface area contributed by atoms with Crippen molar-refractivity contribution >= 4 is 28.9 Å². The molecule has 0 saturated heterocycles. The third kappa shape index (κ3) is 5.23. The highest BCUT2D eigenvalue weighted by atomic mass is 35.5. The van der Waals surface area contributed by atoms with E-state index in [4.69, 9.17) is 22.6 Å². The normalized spacial score (nSPS) is 10.8. The van der Waals surface area contributed by atoms with E-state index in [0.717, 1.165) is 0 Å². The minimum atomic E-state index is -0.582. The summed E-state index contributed by atoms with van der Waals surface area (Å²) in [5, 5.41) is 14.8. The van der Waals surface area contributed by atoms with Gasteiger partial charge in [-0.2, -0.15) is 5.26 Å². The van der Waals surface area contributed by atoms with Gasteiger partial charge in [-0.15, -0.1) is 0 Å². The van der Waals surface area contributed by atoms with Crippen LogP contribution in [0.4, 0.5) is 15.8 Å². The maximum Gasteiger partial charge on any atom is 0.267 e. The molecule has 0 aliphatic carbocycles. The average Bonchev–Trinajstić information content (AvgIpc) is 2.59. The van der Waals surface area contributed by atoms with Gasteiger partial charge in [-0.05, 0) is 36.2 Å². The molecular weight excluding hydrogens is 343 g/mol. The summed E-state index contributed by atoms with van der Waals surface area (Å²) in [6, 6.07) is 12.9. The van der Waals surface area contributed by atoms with Crippen LogP contribution in [0.25, 0.3) is 0 Å². The van der Waals surface area contributed by atoms with Gasteiger partial charge in [0.2, 0.25) is 0 Å². The summed E-state index contributed by atoms with van der Waals surface area (Å²) in [6.07, 6.45) is 1.73. The fourth-order valence-electron chi connectivity index (χ4n) is 2.03. The molecule has 7 heteroatoms. The van der Waals surface area contributed by atoms with Crippen molar-refractivity contribution in [3.63, 3.8) is 0 Å². The lowest BCUT2D eigenvalue weighted by molar-refractivity contribution is -0.112. The van der Waals surface area contributed by atoms with Crippen LogP contribution in [-0.4, -0.2) is 12.5 Å². The quantitative estimate of drug-likeness (QED) is 0.320. The van der Waals surface area contributed by atoms with Crippen molar-refractivity contribution in [2.24, 2.45) is 0 Å². The summed E-state index contributed by atoms with van der Waals surface area (Å²) >= 11 is 5.89. The van der Waals surface area contributed by atoms with E-state index < -0.39 is 5.91 Å². The summed E-state index contributed by atoms with van der Waals surface area (Å²) in [5.74, 6) is -0.867. The second kappa shape index (κ2) is 8.71. The number of carbonyl (C=O) groups excluding carboxylic acids is 1. The zero-order valence-corrected chi connectivity index (χ0v) is 14.0. The lowest BCUT2D eigenvalue weighted by Gasteiger charge is -2.07. The molecule has 0 aliphatic heterocycles. The number of rotatable bonds is 6. The molecule has 2 rings (SSSR count). The molecule has 2 aromatic rings. The molecule has 0 aliphatic rings. The number of carbonyl (C=O) groups is 1. The number of nitriles is 1. The van der Waals surface area contributed by atoms with E-state index in [9.17, 15) is 9.18 Å². The van der Waals surface area contributed by atoms with E-state index in [0.29, 0.717) is 34.9 Å². The Hall–Kier alpha value is -3.04. The number of nitrogen functional groups attached to an aromatic ring is 1. The second-order valence-corrected chi connectivity index (χ2v) is 5.56. The van der Waals surface area contributed by atoms with Crippen molar-refractivity contribution in [3.8, 4) is 6.07 Å². The molecular formula is C18H16ClFN4O. The number of hydrogen-bond donors (Lipinski definition) is 3. The van der Waals surface area contributed by atoms with Crippen LogP contribution in [0, 0.1) is 17.1 Å². The van der Waals surface area contributed by atoms with E-state index in [1.165, 1.54) is 18.3 Å². The highest BCUT2D eigenvalue weighted by Crippen LogP contribution is 2.22. The number of halogens is 2. The first-order chi connectivity index (χ1) is 12.0. The minimum Gasteiger partial charge on any atom is -0.398 e. The highest BCUT2D eigenvalue weighted by molar-refractivity contribution is 6.33. The van der Waals surface area contributed by atoms with Crippen LogP contribution in [0.5, 0.6) is 0 Å². The standard InChI is InChI=1S/C18H16ClFN4O/c19-15-9-14(5-6-17(15)22)24-18(25)13(10-21)11-23-8-7-12-3-1-2-4-16(12)20/h1-6,9,11,23H,7-8,22H2,(H,24,25)/b13-11-. The maximum atomic E-state index is 13.5. The molecule has 0 atom stereocenters. The number of benzene rings is 2. The third-order valence-electron chi connectivity index (χ3n) is 3.37. The Balaban J connectivity index is 1.92. The Kier molecular flexibility index (Phi) is 6.38. The van der Waals surface area contributed by atoms with Gasteiger partial charge in [0.1, 0.15) is 17.5 Å². The van der Waals surface area contributed by atoms with E-state index in [1.807, 2.05) is 6.07 Å². The average molecular weight is 359 g/mol. The fourth-order valence-corrected chi connectivity index (χ4v) is 2.21. The lowest BCUT2D eigenvalue weighted by atomic mass is 10.1. The van der Waals surface area contributed by atoms with Crippen molar-refractivity contribution in [1.82, 2.24) is 5.32 Å². The first kappa shape index (κ1) is 18.3. The highest BCUT2D eigenvalue weighted by Gasteiger charge is 2.10. The summed E-state index contributed by atoms with van der Waals surface area (Å²) in [6.45, 7) is 0.382. The molecule has 128 valence electrons. The van der Waals surface area contributed by atoms with Crippen LogP contribution in [-0.2, 0) is 11.2 Å². The van der Waals surface area contributed by atoms with E-state index >= 15 is 0 Å². The van der Waals surface area contributed by atoms with Crippen molar-refractivity contribution in [2.45, 2.75) is 6.42 Å². The van der Waals surface area contributed by atoms with Gasteiger partial charge in [-0.3, -0.25) is 4.79 Å². The Morgan fingerprint density at radius 1 is 1.32 bits per heavy atom. The molecule has 1 amide bonds. The summed E-state index contributed by atoms with van der Waals surface area (Å²) in [5.41, 5.74) is 6.87.